The maximum atomic E-state index is 9.57. The Hall–Kier alpha value is -1.16. The van der Waals surface area contributed by atoms with Crippen LogP contribution in [0.5, 0.6) is 0 Å². The Morgan fingerprint density at radius 3 is 2.47 bits per heavy atom. The minimum Gasteiger partial charge on any atom is -0.394 e. The van der Waals surface area contributed by atoms with Crippen LogP contribution >= 0.6 is 11.3 Å². The standard InChI is InChI=1S/C16H21NOS/c1-3-14-9-10-16(19-14)12(2)17-15(11-18)13-7-5-4-6-8-13/h4-10,12,15,17-18H,3,11H2,1-2H3/t12?,15-/m0/s1. The first kappa shape index (κ1) is 14.3. The molecule has 3 heteroatoms. The van der Waals surface area contributed by atoms with Crippen molar-refractivity contribution >= 4 is 11.3 Å². The van der Waals surface area contributed by atoms with Crippen LogP contribution in [0.3, 0.4) is 0 Å². The van der Waals surface area contributed by atoms with Gasteiger partial charge in [-0.3, -0.25) is 0 Å². The molecule has 2 aromatic rings. The van der Waals surface area contributed by atoms with Gasteiger partial charge >= 0.3 is 0 Å². The summed E-state index contributed by atoms with van der Waals surface area (Å²) in [6.45, 7) is 4.44. The molecule has 0 aliphatic rings. The van der Waals surface area contributed by atoms with Crippen molar-refractivity contribution in [1.29, 1.82) is 0 Å². The summed E-state index contributed by atoms with van der Waals surface area (Å²) in [6, 6.07) is 14.7. The minimum atomic E-state index is -0.0108. The summed E-state index contributed by atoms with van der Waals surface area (Å²) >= 11 is 1.84. The fraction of sp³-hybridized carbons (Fsp3) is 0.375. The van der Waals surface area contributed by atoms with Crippen LogP contribution in [0.1, 0.15) is 41.2 Å². The number of hydrogen-bond acceptors (Lipinski definition) is 3. The van der Waals surface area contributed by atoms with Gasteiger partial charge in [0.25, 0.3) is 0 Å². The zero-order chi connectivity index (χ0) is 13.7. The lowest BCUT2D eigenvalue weighted by atomic mass is 10.1. The summed E-state index contributed by atoms with van der Waals surface area (Å²) in [6.07, 6.45) is 1.08. The van der Waals surface area contributed by atoms with Crippen molar-refractivity contribution < 1.29 is 5.11 Å². The van der Waals surface area contributed by atoms with Crippen LogP contribution in [0.15, 0.2) is 42.5 Å². The van der Waals surface area contributed by atoms with E-state index < -0.39 is 0 Å². The molecule has 2 atom stereocenters. The molecule has 1 aromatic carbocycles. The number of nitrogens with one attached hydrogen (secondary N) is 1. The van der Waals surface area contributed by atoms with E-state index in [2.05, 4.69) is 31.3 Å². The van der Waals surface area contributed by atoms with Crippen LogP contribution in [-0.4, -0.2) is 11.7 Å². The second kappa shape index (κ2) is 6.85. The molecule has 0 saturated carbocycles. The SMILES string of the molecule is CCc1ccc(C(C)N[C@@H](CO)c2ccccc2)s1. The molecular formula is C16H21NOS. The van der Waals surface area contributed by atoms with Crippen LogP contribution in [0.2, 0.25) is 0 Å². The molecule has 2 N–H and O–H groups in total. The third-order valence-electron chi connectivity index (χ3n) is 3.29. The summed E-state index contributed by atoms with van der Waals surface area (Å²) in [7, 11) is 0. The normalized spacial score (nSPS) is 14.3. The molecule has 0 saturated heterocycles. The van der Waals surface area contributed by atoms with Crippen molar-refractivity contribution in [2.45, 2.75) is 32.4 Å². The fourth-order valence-corrected chi connectivity index (χ4v) is 3.10. The molecule has 0 aliphatic carbocycles. The summed E-state index contributed by atoms with van der Waals surface area (Å²) < 4.78 is 0. The van der Waals surface area contributed by atoms with Gasteiger partial charge in [-0.2, -0.15) is 0 Å². The van der Waals surface area contributed by atoms with Crippen molar-refractivity contribution in [3.63, 3.8) is 0 Å². The van der Waals surface area contributed by atoms with Gasteiger partial charge in [-0.1, -0.05) is 37.3 Å². The van der Waals surface area contributed by atoms with E-state index in [1.165, 1.54) is 9.75 Å². The number of thiophene rings is 1. The zero-order valence-electron chi connectivity index (χ0n) is 11.5. The van der Waals surface area contributed by atoms with Crippen molar-refractivity contribution in [3.8, 4) is 0 Å². The van der Waals surface area contributed by atoms with E-state index >= 15 is 0 Å². The van der Waals surface area contributed by atoms with Crippen LogP contribution in [0, 0.1) is 0 Å². The van der Waals surface area contributed by atoms with E-state index in [4.69, 9.17) is 0 Å². The molecule has 0 radical (unpaired) electrons. The lowest BCUT2D eigenvalue weighted by Gasteiger charge is -2.21. The lowest BCUT2D eigenvalue weighted by Crippen LogP contribution is -2.26. The van der Waals surface area contributed by atoms with Gasteiger partial charge in [-0.15, -0.1) is 11.3 Å². The first-order valence-corrected chi connectivity index (χ1v) is 7.56. The minimum absolute atomic E-state index is 0.0108. The molecule has 1 heterocycles. The average molecular weight is 275 g/mol. The third-order valence-corrected chi connectivity index (χ3v) is 4.71. The Kier molecular flexibility index (Phi) is 5.14. The van der Waals surface area contributed by atoms with Gasteiger partial charge in [0, 0.05) is 15.8 Å². The highest BCUT2D eigenvalue weighted by Crippen LogP contribution is 2.26. The van der Waals surface area contributed by atoms with Crippen LogP contribution in [-0.2, 0) is 6.42 Å². The predicted molar refractivity (Wildman–Crippen MR) is 81.5 cm³/mol. The van der Waals surface area contributed by atoms with E-state index in [0.29, 0.717) is 0 Å². The van der Waals surface area contributed by atoms with E-state index in [9.17, 15) is 5.11 Å². The van der Waals surface area contributed by atoms with Gasteiger partial charge in [-0.25, -0.2) is 0 Å². The number of hydrogen-bond donors (Lipinski definition) is 2. The maximum absolute atomic E-state index is 9.57. The molecule has 102 valence electrons. The van der Waals surface area contributed by atoms with Gasteiger partial charge in [-0.05, 0) is 31.0 Å². The van der Waals surface area contributed by atoms with Gasteiger partial charge in [0.2, 0.25) is 0 Å². The van der Waals surface area contributed by atoms with Gasteiger partial charge in [0.05, 0.1) is 12.6 Å². The second-order valence-corrected chi connectivity index (χ2v) is 5.89. The number of aryl methyl sites for hydroxylation is 1. The highest BCUT2D eigenvalue weighted by Gasteiger charge is 2.15. The Balaban J connectivity index is 2.06. The number of aliphatic hydroxyl groups is 1. The Morgan fingerprint density at radius 2 is 1.89 bits per heavy atom. The molecule has 2 rings (SSSR count). The molecule has 0 amide bonds. The van der Waals surface area contributed by atoms with Crippen molar-refractivity contribution in [3.05, 3.63) is 57.8 Å². The highest BCUT2D eigenvalue weighted by molar-refractivity contribution is 7.12. The molecule has 0 fully saturated rings. The smallest absolute Gasteiger partial charge is 0.0626 e. The number of rotatable bonds is 6. The second-order valence-electron chi connectivity index (χ2n) is 4.69. The topological polar surface area (TPSA) is 32.3 Å². The summed E-state index contributed by atoms with van der Waals surface area (Å²) in [5.74, 6) is 0. The van der Waals surface area contributed by atoms with Gasteiger partial charge in [0.1, 0.15) is 0 Å². The van der Waals surface area contributed by atoms with Gasteiger partial charge in [0.15, 0.2) is 0 Å². The highest BCUT2D eigenvalue weighted by atomic mass is 32.1. The van der Waals surface area contributed by atoms with Crippen LogP contribution in [0.25, 0.3) is 0 Å². The molecule has 19 heavy (non-hydrogen) atoms. The molecule has 0 spiro atoms. The number of benzene rings is 1. The molecule has 1 unspecified atom stereocenters. The van der Waals surface area contributed by atoms with Gasteiger partial charge < -0.3 is 10.4 Å². The Bertz CT molecular complexity index is 494. The van der Waals surface area contributed by atoms with Crippen molar-refractivity contribution in [2.75, 3.05) is 6.61 Å². The van der Waals surface area contributed by atoms with Crippen LogP contribution in [0.4, 0.5) is 0 Å². The van der Waals surface area contributed by atoms with Crippen LogP contribution < -0.4 is 5.32 Å². The van der Waals surface area contributed by atoms with E-state index in [-0.39, 0.29) is 18.7 Å². The average Bonchev–Trinajstić information content (AvgIpc) is 2.94. The molecule has 1 aromatic heterocycles. The molecule has 0 aliphatic heterocycles. The predicted octanol–water partition coefficient (Wildman–Crippen LogP) is 3.69. The first-order valence-electron chi connectivity index (χ1n) is 6.75. The van der Waals surface area contributed by atoms with E-state index in [1.54, 1.807) is 0 Å². The Morgan fingerprint density at radius 1 is 1.16 bits per heavy atom. The summed E-state index contributed by atoms with van der Waals surface area (Å²) in [5, 5.41) is 13.1. The van der Waals surface area contributed by atoms with Crippen molar-refractivity contribution in [2.24, 2.45) is 0 Å². The lowest BCUT2D eigenvalue weighted by molar-refractivity contribution is 0.236. The summed E-state index contributed by atoms with van der Waals surface area (Å²) in [4.78, 5) is 2.73. The molecule has 2 nitrogen and oxygen atoms in total. The maximum Gasteiger partial charge on any atom is 0.0626 e. The fourth-order valence-electron chi connectivity index (χ4n) is 2.14. The summed E-state index contributed by atoms with van der Waals surface area (Å²) in [5.41, 5.74) is 1.13. The molecule has 0 bridgehead atoms. The first-order chi connectivity index (χ1) is 9.24. The number of aliphatic hydroxyl groups excluding tert-OH is 1. The van der Waals surface area contributed by atoms with E-state index in [0.717, 1.165) is 12.0 Å². The quantitative estimate of drug-likeness (QED) is 0.842. The van der Waals surface area contributed by atoms with E-state index in [1.807, 2.05) is 41.7 Å². The molecular weight excluding hydrogens is 254 g/mol. The zero-order valence-corrected chi connectivity index (χ0v) is 12.3. The monoisotopic (exact) mass is 275 g/mol. The van der Waals surface area contributed by atoms with Crippen molar-refractivity contribution in [1.82, 2.24) is 5.32 Å². The largest absolute Gasteiger partial charge is 0.394 e. The Labute approximate surface area is 119 Å². The third kappa shape index (κ3) is 3.66.